The normalized spacial score (nSPS) is 10.3. The molecule has 2 aromatic carbocycles. The molecule has 0 heterocycles. The summed E-state index contributed by atoms with van der Waals surface area (Å²) in [5.74, 6) is 2.79. The lowest BCUT2D eigenvalue weighted by molar-refractivity contribution is 0.680. The fourth-order valence-electron chi connectivity index (χ4n) is 2.36. The first-order valence-electron chi connectivity index (χ1n) is 7.00. The first kappa shape index (κ1) is 14.2. The molecule has 0 radical (unpaired) electrons. The van der Waals surface area contributed by atoms with E-state index in [9.17, 15) is 0 Å². The van der Waals surface area contributed by atoms with Gasteiger partial charge in [-0.1, -0.05) is 42.3 Å². The Bertz CT molecular complexity index is 620. The van der Waals surface area contributed by atoms with Crippen LogP contribution < -0.4 is 4.90 Å². The molecule has 0 N–H and O–H groups in total. The second-order valence-electron chi connectivity index (χ2n) is 5.31. The van der Waals surface area contributed by atoms with Crippen LogP contribution in [0.2, 0.25) is 0 Å². The van der Waals surface area contributed by atoms with E-state index in [1.54, 1.807) is 0 Å². The van der Waals surface area contributed by atoms with Crippen molar-refractivity contribution in [1.29, 1.82) is 0 Å². The molecule has 20 heavy (non-hydrogen) atoms. The summed E-state index contributed by atoms with van der Waals surface area (Å²) in [6.07, 6.45) is 5.64. The van der Waals surface area contributed by atoms with Crippen molar-refractivity contribution in [2.45, 2.75) is 33.4 Å². The zero-order chi connectivity index (χ0) is 14.5. The maximum atomic E-state index is 5.64. The van der Waals surface area contributed by atoms with E-state index >= 15 is 0 Å². The maximum absolute atomic E-state index is 5.64. The van der Waals surface area contributed by atoms with E-state index in [0.717, 1.165) is 17.8 Å². The van der Waals surface area contributed by atoms with Crippen molar-refractivity contribution in [3.63, 3.8) is 0 Å². The van der Waals surface area contributed by atoms with Gasteiger partial charge in [-0.2, -0.15) is 0 Å². The van der Waals surface area contributed by atoms with Crippen LogP contribution in [-0.2, 0) is 6.54 Å². The Morgan fingerprint density at radius 1 is 1.05 bits per heavy atom. The van der Waals surface area contributed by atoms with Crippen LogP contribution in [0, 0.1) is 19.3 Å². The summed E-state index contributed by atoms with van der Waals surface area (Å²) in [5.41, 5.74) is 4.74. The fourth-order valence-corrected chi connectivity index (χ4v) is 2.36. The van der Waals surface area contributed by atoms with Gasteiger partial charge < -0.3 is 4.90 Å². The van der Waals surface area contributed by atoms with Gasteiger partial charge in [0.15, 0.2) is 0 Å². The van der Waals surface area contributed by atoms with Crippen LogP contribution in [0.4, 0.5) is 5.69 Å². The zero-order valence-electron chi connectivity index (χ0n) is 12.4. The molecule has 0 unspecified atom stereocenters. The van der Waals surface area contributed by atoms with Gasteiger partial charge in [-0.05, 0) is 44.0 Å². The number of anilines is 1. The third-order valence-electron chi connectivity index (χ3n) is 3.59. The number of terminal acetylenes is 1. The van der Waals surface area contributed by atoms with Crippen LogP contribution in [0.15, 0.2) is 48.5 Å². The Kier molecular flexibility index (Phi) is 4.48. The Hall–Kier alpha value is -2.20. The first-order chi connectivity index (χ1) is 9.63. The number of rotatable bonds is 4. The summed E-state index contributed by atoms with van der Waals surface area (Å²) in [5, 5.41) is 0. The van der Waals surface area contributed by atoms with Gasteiger partial charge in [0.05, 0.1) is 5.69 Å². The molecule has 2 rings (SSSR count). The summed E-state index contributed by atoms with van der Waals surface area (Å²) in [4.78, 5) is 2.36. The lowest BCUT2D eigenvalue weighted by Gasteiger charge is -2.30. The molecule has 1 heteroatoms. The number of hydrogen-bond donors (Lipinski definition) is 0. The summed E-state index contributed by atoms with van der Waals surface area (Å²) in [7, 11) is 0. The molecule has 102 valence electrons. The molecule has 0 aliphatic carbocycles. The van der Waals surface area contributed by atoms with E-state index in [-0.39, 0.29) is 0 Å². The number of para-hydroxylation sites is 1. The number of nitrogens with zero attached hydrogens (tertiary/aromatic N) is 1. The Labute approximate surface area is 122 Å². The molecule has 2 aromatic rings. The van der Waals surface area contributed by atoms with Crippen LogP contribution in [0.1, 0.15) is 30.5 Å². The molecule has 0 saturated carbocycles. The van der Waals surface area contributed by atoms with Gasteiger partial charge in [0.1, 0.15) is 0 Å². The molecule has 0 aliphatic rings. The van der Waals surface area contributed by atoms with Crippen LogP contribution in [-0.4, -0.2) is 6.04 Å². The van der Waals surface area contributed by atoms with Gasteiger partial charge in [-0.3, -0.25) is 0 Å². The molecular weight excluding hydrogens is 242 g/mol. The highest BCUT2D eigenvalue weighted by atomic mass is 15.2. The van der Waals surface area contributed by atoms with E-state index < -0.39 is 0 Å². The minimum Gasteiger partial charge on any atom is -0.364 e. The van der Waals surface area contributed by atoms with Crippen LogP contribution in [0.25, 0.3) is 0 Å². The van der Waals surface area contributed by atoms with E-state index in [4.69, 9.17) is 6.42 Å². The zero-order valence-corrected chi connectivity index (χ0v) is 12.4. The molecule has 0 bridgehead atoms. The largest absolute Gasteiger partial charge is 0.364 e. The van der Waals surface area contributed by atoms with Crippen LogP contribution in [0.5, 0.6) is 0 Å². The summed E-state index contributed by atoms with van der Waals surface area (Å²) in [6.45, 7) is 7.43. The van der Waals surface area contributed by atoms with Crippen molar-refractivity contribution in [2.24, 2.45) is 0 Å². The van der Waals surface area contributed by atoms with E-state index in [0.29, 0.717) is 6.04 Å². The average molecular weight is 263 g/mol. The second-order valence-corrected chi connectivity index (χ2v) is 5.31. The predicted molar refractivity (Wildman–Crippen MR) is 86.9 cm³/mol. The molecule has 1 nitrogen and oxygen atoms in total. The van der Waals surface area contributed by atoms with E-state index in [1.165, 1.54) is 11.1 Å². The summed E-state index contributed by atoms with van der Waals surface area (Å²) >= 11 is 0. The molecule has 0 fully saturated rings. The third kappa shape index (κ3) is 3.03. The van der Waals surface area contributed by atoms with Crippen molar-refractivity contribution >= 4 is 5.69 Å². The highest BCUT2D eigenvalue weighted by Gasteiger charge is 2.14. The quantitative estimate of drug-likeness (QED) is 0.739. The maximum Gasteiger partial charge on any atom is 0.0530 e. The van der Waals surface area contributed by atoms with Gasteiger partial charge in [-0.15, -0.1) is 6.42 Å². The predicted octanol–water partition coefficient (Wildman–Crippen LogP) is 4.39. The van der Waals surface area contributed by atoms with Crippen LogP contribution in [0.3, 0.4) is 0 Å². The molecule has 0 aromatic heterocycles. The minimum atomic E-state index is 0.393. The second kappa shape index (κ2) is 6.30. The number of aryl methyl sites for hydroxylation is 1. The molecule has 0 atom stereocenters. The van der Waals surface area contributed by atoms with Gasteiger partial charge in [-0.25, -0.2) is 0 Å². The van der Waals surface area contributed by atoms with Gasteiger partial charge in [0, 0.05) is 18.2 Å². The minimum absolute atomic E-state index is 0.393. The van der Waals surface area contributed by atoms with Gasteiger partial charge in [0.2, 0.25) is 0 Å². The Morgan fingerprint density at radius 3 is 2.35 bits per heavy atom. The number of hydrogen-bond acceptors (Lipinski definition) is 1. The third-order valence-corrected chi connectivity index (χ3v) is 3.59. The molecule has 0 spiro atoms. The van der Waals surface area contributed by atoms with E-state index in [1.807, 2.05) is 18.2 Å². The highest BCUT2D eigenvalue weighted by molar-refractivity contribution is 5.61. The number of benzene rings is 2. The fraction of sp³-hybridized carbons (Fsp3) is 0.263. The summed E-state index contributed by atoms with van der Waals surface area (Å²) in [6, 6.07) is 17.0. The molecule has 0 saturated heterocycles. The lowest BCUT2D eigenvalue weighted by atomic mass is 10.1. The molecule has 0 aliphatic heterocycles. The topological polar surface area (TPSA) is 3.24 Å². The van der Waals surface area contributed by atoms with E-state index in [2.05, 4.69) is 61.9 Å². The Balaban J connectivity index is 2.38. The van der Waals surface area contributed by atoms with Crippen molar-refractivity contribution in [3.8, 4) is 12.3 Å². The van der Waals surface area contributed by atoms with Crippen molar-refractivity contribution in [3.05, 3.63) is 65.2 Å². The molecule has 0 amide bonds. The monoisotopic (exact) mass is 263 g/mol. The first-order valence-corrected chi connectivity index (χ1v) is 7.00. The smallest absolute Gasteiger partial charge is 0.0530 e. The lowest BCUT2D eigenvalue weighted by Crippen LogP contribution is -2.31. The van der Waals surface area contributed by atoms with Crippen LogP contribution >= 0.6 is 0 Å². The SMILES string of the molecule is C#Cc1ccccc1N(Cc1ccccc1C)C(C)C. The Morgan fingerprint density at radius 2 is 1.70 bits per heavy atom. The van der Waals surface area contributed by atoms with Crippen molar-refractivity contribution in [1.82, 2.24) is 0 Å². The average Bonchev–Trinajstić information content (AvgIpc) is 2.46. The van der Waals surface area contributed by atoms with Crippen molar-refractivity contribution < 1.29 is 0 Å². The molecular formula is C19H21N. The van der Waals surface area contributed by atoms with Crippen molar-refractivity contribution in [2.75, 3.05) is 4.90 Å². The highest BCUT2D eigenvalue weighted by Crippen LogP contribution is 2.24. The summed E-state index contributed by atoms with van der Waals surface area (Å²) < 4.78 is 0. The van der Waals surface area contributed by atoms with Gasteiger partial charge in [0.25, 0.3) is 0 Å². The standard InChI is InChI=1S/C19H21N/c1-5-17-11-8-9-13-19(17)20(15(2)3)14-18-12-7-6-10-16(18)4/h1,6-13,15H,14H2,2-4H3. The van der Waals surface area contributed by atoms with Gasteiger partial charge >= 0.3 is 0 Å².